The van der Waals surface area contributed by atoms with Crippen molar-refractivity contribution in [1.82, 2.24) is 15.2 Å². The Bertz CT molecular complexity index is 862. The molecule has 6 nitrogen and oxygen atoms in total. The van der Waals surface area contributed by atoms with Crippen LogP contribution in [0.15, 0.2) is 23.7 Å². The van der Waals surface area contributed by atoms with Crippen molar-refractivity contribution in [3.8, 4) is 0 Å². The Morgan fingerprint density at radius 2 is 1.90 bits per heavy atom. The summed E-state index contributed by atoms with van der Waals surface area (Å²) >= 11 is 1.79. The number of ether oxygens (including phenoxy) is 1. The van der Waals surface area contributed by atoms with Crippen molar-refractivity contribution >= 4 is 33.3 Å². The quantitative estimate of drug-likeness (QED) is 0.711. The molecule has 170 valence electrons. The molecule has 4 rings (SSSR count). The number of pyridine rings is 1. The number of amides is 1. The molecule has 1 aliphatic heterocycles. The van der Waals surface area contributed by atoms with Crippen LogP contribution in [0.3, 0.4) is 0 Å². The van der Waals surface area contributed by atoms with Gasteiger partial charge in [-0.05, 0) is 88.2 Å². The fraction of sp³-hybridized carbons (Fsp3) is 0.667. The Morgan fingerprint density at radius 1 is 1.16 bits per heavy atom. The van der Waals surface area contributed by atoms with Gasteiger partial charge in [-0.25, -0.2) is 9.78 Å². The number of nitrogens with zero attached hydrogens (tertiary/aromatic N) is 3. The lowest BCUT2D eigenvalue weighted by Gasteiger charge is -2.37. The molecule has 3 heterocycles. The van der Waals surface area contributed by atoms with Crippen LogP contribution in [0, 0.1) is 5.92 Å². The minimum atomic E-state index is -0.433. The molecule has 1 amide bonds. The van der Waals surface area contributed by atoms with E-state index in [9.17, 15) is 4.79 Å². The topological polar surface area (TPSA) is 57.7 Å². The van der Waals surface area contributed by atoms with E-state index in [2.05, 4.69) is 37.6 Å². The lowest BCUT2D eigenvalue weighted by molar-refractivity contribution is 0.0486. The highest BCUT2D eigenvalue weighted by atomic mass is 32.1. The fourth-order valence-corrected chi connectivity index (χ4v) is 5.63. The van der Waals surface area contributed by atoms with Crippen molar-refractivity contribution in [2.24, 2.45) is 5.92 Å². The van der Waals surface area contributed by atoms with Gasteiger partial charge in [-0.15, -0.1) is 11.3 Å². The van der Waals surface area contributed by atoms with Gasteiger partial charge in [-0.2, -0.15) is 0 Å². The number of piperazine rings is 1. The predicted molar refractivity (Wildman–Crippen MR) is 128 cm³/mol. The lowest BCUT2D eigenvalue weighted by atomic mass is 9.84. The molecule has 7 heteroatoms. The zero-order valence-electron chi connectivity index (χ0n) is 19.1. The minimum Gasteiger partial charge on any atom is -0.444 e. The molecule has 2 aromatic heterocycles. The van der Waals surface area contributed by atoms with Gasteiger partial charge < -0.3 is 15.0 Å². The highest BCUT2D eigenvalue weighted by molar-refractivity contribution is 7.17. The lowest BCUT2D eigenvalue weighted by Crippen LogP contribution is -2.47. The smallest absolute Gasteiger partial charge is 0.407 e. The average Bonchev–Trinajstić information content (AvgIpc) is 3.21. The van der Waals surface area contributed by atoms with E-state index < -0.39 is 5.60 Å². The summed E-state index contributed by atoms with van der Waals surface area (Å²) in [6.07, 6.45) is 7.45. The van der Waals surface area contributed by atoms with Gasteiger partial charge in [0.05, 0.1) is 4.70 Å². The number of rotatable bonds is 5. The highest BCUT2D eigenvalue weighted by Gasteiger charge is 2.26. The molecule has 0 unspecified atom stereocenters. The zero-order valence-corrected chi connectivity index (χ0v) is 19.9. The van der Waals surface area contributed by atoms with Gasteiger partial charge in [0.2, 0.25) is 0 Å². The van der Waals surface area contributed by atoms with Crippen molar-refractivity contribution in [1.29, 1.82) is 0 Å². The number of hydrogen-bond donors (Lipinski definition) is 1. The van der Waals surface area contributed by atoms with Gasteiger partial charge in [-0.1, -0.05) is 0 Å². The van der Waals surface area contributed by atoms with E-state index in [1.807, 2.05) is 27.0 Å². The number of hydrogen-bond acceptors (Lipinski definition) is 6. The third kappa shape index (κ3) is 6.10. The van der Waals surface area contributed by atoms with E-state index in [0.717, 1.165) is 50.8 Å². The molecule has 1 saturated carbocycles. The Morgan fingerprint density at radius 3 is 2.61 bits per heavy atom. The third-order valence-corrected chi connectivity index (χ3v) is 7.37. The normalized spacial score (nSPS) is 23.1. The summed E-state index contributed by atoms with van der Waals surface area (Å²) in [7, 11) is 0. The van der Waals surface area contributed by atoms with Gasteiger partial charge in [0, 0.05) is 38.4 Å². The molecule has 0 atom stereocenters. The molecule has 2 fully saturated rings. The average molecular weight is 445 g/mol. The second kappa shape index (κ2) is 9.74. The summed E-state index contributed by atoms with van der Waals surface area (Å²) < 4.78 is 6.70. The summed E-state index contributed by atoms with van der Waals surface area (Å²) in [5.41, 5.74) is -0.433. The van der Waals surface area contributed by atoms with Crippen LogP contribution in [0.25, 0.3) is 10.1 Å². The zero-order chi connectivity index (χ0) is 21.8. The SMILES string of the molecule is CC(C)(C)OC(=O)NC1CCC(CCN2CCN(c3nccc4ccsc34)CC2)CC1. The van der Waals surface area contributed by atoms with Gasteiger partial charge in [0.15, 0.2) is 0 Å². The van der Waals surface area contributed by atoms with E-state index in [0.29, 0.717) is 0 Å². The standard InChI is InChI=1S/C24H36N4O2S/c1-24(2,3)30-23(29)26-20-6-4-18(5-7-20)9-12-27-13-15-28(16-14-27)22-21-19(8-11-25-22)10-17-31-21/h8,10-11,17-18,20H,4-7,9,12-16H2,1-3H3,(H,26,29). The minimum absolute atomic E-state index is 0.266. The Kier molecular flexibility index (Phi) is 7.02. The number of fused-ring (bicyclic) bond motifs is 1. The predicted octanol–water partition coefficient (Wildman–Crippen LogP) is 4.89. The van der Waals surface area contributed by atoms with E-state index in [4.69, 9.17) is 4.74 Å². The van der Waals surface area contributed by atoms with Crippen molar-refractivity contribution in [3.63, 3.8) is 0 Å². The molecule has 31 heavy (non-hydrogen) atoms. The van der Waals surface area contributed by atoms with Gasteiger partial charge in [0.1, 0.15) is 11.4 Å². The van der Waals surface area contributed by atoms with Crippen molar-refractivity contribution < 1.29 is 9.53 Å². The molecule has 0 spiro atoms. The first kappa shape index (κ1) is 22.3. The van der Waals surface area contributed by atoms with Crippen LogP contribution in [0.1, 0.15) is 52.9 Å². The summed E-state index contributed by atoms with van der Waals surface area (Å²) in [5.74, 6) is 1.93. The molecule has 1 aliphatic carbocycles. The first-order chi connectivity index (χ1) is 14.9. The molecule has 0 radical (unpaired) electrons. The van der Waals surface area contributed by atoms with Gasteiger partial charge in [-0.3, -0.25) is 4.90 Å². The first-order valence-corrected chi connectivity index (χ1v) is 12.5. The van der Waals surface area contributed by atoms with Crippen LogP contribution in [0.4, 0.5) is 10.6 Å². The van der Waals surface area contributed by atoms with Crippen molar-refractivity contribution in [2.45, 2.75) is 64.5 Å². The Hall–Kier alpha value is -1.86. The maximum absolute atomic E-state index is 12.0. The first-order valence-electron chi connectivity index (χ1n) is 11.7. The molecule has 2 aromatic rings. The molecule has 2 aliphatic rings. The number of carbonyl (C=O) groups excluding carboxylic acids is 1. The largest absolute Gasteiger partial charge is 0.444 e. The maximum atomic E-state index is 12.0. The van der Waals surface area contributed by atoms with Crippen LogP contribution in [0.5, 0.6) is 0 Å². The number of aromatic nitrogens is 1. The van der Waals surface area contributed by atoms with Crippen LogP contribution >= 0.6 is 11.3 Å². The van der Waals surface area contributed by atoms with Crippen LogP contribution in [-0.2, 0) is 4.74 Å². The number of carbonyl (C=O) groups is 1. The Balaban J connectivity index is 1.16. The van der Waals surface area contributed by atoms with E-state index >= 15 is 0 Å². The van der Waals surface area contributed by atoms with Crippen molar-refractivity contribution in [3.05, 3.63) is 23.7 Å². The van der Waals surface area contributed by atoms with E-state index in [1.54, 1.807) is 11.3 Å². The summed E-state index contributed by atoms with van der Waals surface area (Å²) in [6, 6.07) is 4.55. The van der Waals surface area contributed by atoms with Crippen molar-refractivity contribution in [2.75, 3.05) is 37.6 Å². The fourth-order valence-electron chi connectivity index (χ4n) is 4.72. The second-order valence-corrected chi connectivity index (χ2v) is 10.9. The molecular formula is C24H36N4O2S. The van der Waals surface area contributed by atoms with Crippen LogP contribution in [-0.4, -0.2) is 60.3 Å². The molecular weight excluding hydrogens is 408 g/mol. The number of anilines is 1. The van der Waals surface area contributed by atoms with Gasteiger partial charge in [0.25, 0.3) is 0 Å². The van der Waals surface area contributed by atoms with E-state index in [1.165, 1.54) is 35.9 Å². The molecule has 0 aromatic carbocycles. The number of alkyl carbamates (subject to hydrolysis) is 1. The second-order valence-electron chi connectivity index (χ2n) is 9.95. The maximum Gasteiger partial charge on any atom is 0.407 e. The molecule has 0 bridgehead atoms. The van der Waals surface area contributed by atoms with Gasteiger partial charge >= 0.3 is 6.09 Å². The highest BCUT2D eigenvalue weighted by Crippen LogP contribution is 2.30. The van der Waals surface area contributed by atoms with Crippen LogP contribution < -0.4 is 10.2 Å². The Labute approximate surface area is 190 Å². The summed E-state index contributed by atoms with van der Waals surface area (Å²) in [4.78, 5) is 21.7. The van der Waals surface area contributed by atoms with Crippen LogP contribution in [0.2, 0.25) is 0 Å². The van der Waals surface area contributed by atoms with E-state index in [-0.39, 0.29) is 12.1 Å². The summed E-state index contributed by atoms with van der Waals surface area (Å²) in [5, 5.41) is 6.51. The number of thiophene rings is 1. The number of nitrogens with one attached hydrogen (secondary N) is 1. The summed E-state index contributed by atoms with van der Waals surface area (Å²) in [6.45, 7) is 11.2. The molecule has 1 saturated heterocycles. The molecule has 1 N–H and O–H groups in total. The monoisotopic (exact) mass is 444 g/mol. The third-order valence-electron chi connectivity index (χ3n) is 6.44.